The van der Waals surface area contributed by atoms with Crippen LogP contribution in [0.25, 0.3) is 0 Å². The van der Waals surface area contributed by atoms with E-state index in [2.05, 4.69) is 5.10 Å². The minimum atomic E-state index is -0.662. The zero-order chi connectivity index (χ0) is 17.4. The number of fused-ring (bicyclic) bond motifs is 2. The van der Waals surface area contributed by atoms with Gasteiger partial charge in [0, 0.05) is 24.9 Å². The van der Waals surface area contributed by atoms with E-state index in [9.17, 15) is 8.78 Å². The predicted octanol–water partition coefficient (Wildman–Crippen LogP) is 3.67. The SMILES string of the molecule is NCCN1N=C(C2CC(F)=CC=C2F)SC12CCOc1ccccc12. The van der Waals surface area contributed by atoms with E-state index in [1.54, 1.807) is 0 Å². The molecule has 0 radical (unpaired) electrons. The smallest absolute Gasteiger partial charge is 0.140 e. The maximum Gasteiger partial charge on any atom is 0.140 e. The number of allylic oxidation sites excluding steroid dienone is 4. The number of benzene rings is 1. The van der Waals surface area contributed by atoms with Gasteiger partial charge in [-0.2, -0.15) is 5.10 Å². The summed E-state index contributed by atoms with van der Waals surface area (Å²) in [5.74, 6) is -0.527. The molecule has 1 spiro atoms. The molecule has 2 heterocycles. The first-order valence-electron chi connectivity index (χ1n) is 8.33. The number of hydrogen-bond acceptors (Lipinski definition) is 5. The van der Waals surface area contributed by atoms with Gasteiger partial charge in [-0.15, -0.1) is 0 Å². The van der Waals surface area contributed by atoms with E-state index < -0.39 is 10.8 Å². The van der Waals surface area contributed by atoms with Crippen LogP contribution in [0.4, 0.5) is 8.78 Å². The first-order chi connectivity index (χ1) is 12.1. The molecule has 132 valence electrons. The molecule has 0 aromatic heterocycles. The number of para-hydroxylation sites is 1. The summed E-state index contributed by atoms with van der Waals surface area (Å²) in [6.07, 6.45) is 3.10. The van der Waals surface area contributed by atoms with Crippen LogP contribution in [0.1, 0.15) is 18.4 Å². The maximum absolute atomic E-state index is 14.3. The lowest BCUT2D eigenvalue weighted by Crippen LogP contribution is -2.43. The molecule has 4 nitrogen and oxygen atoms in total. The Hall–Kier alpha value is -1.86. The third kappa shape index (κ3) is 2.75. The average Bonchev–Trinajstić information content (AvgIpc) is 2.97. The summed E-state index contributed by atoms with van der Waals surface area (Å²) in [5.41, 5.74) is 6.79. The van der Waals surface area contributed by atoms with Crippen molar-refractivity contribution in [1.82, 2.24) is 5.01 Å². The lowest BCUT2D eigenvalue weighted by atomic mass is 9.99. The number of halogens is 2. The second-order valence-electron chi connectivity index (χ2n) is 6.25. The van der Waals surface area contributed by atoms with Crippen LogP contribution in [-0.2, 0) is 4.87 Å². The minimum absolute atomic E-state index is 0.0128. The summed E-state index contributed by atoms with van der Waals surface area (Å²) in [6.45, 7) is 1.52. The molecule has 3 aliphatic rings. The van der Waals surface area contributed by atoms with Gasteiger partial charge in [-0.25, -0.2) is 8.78 Å². The molecular formula is C18H19F2N3OS. The van der Waals surface area contributed by atoms with Crippen molar-refractivity contribution < 1.29 is 13.5 Å². The predicted molar refractivity (Wildman–Crippen MR) is 95.5 cm³/mol. The van der Waals surface area contributed by atoms with Crippen LogP contribution in [0.15, 0.2) is 53.2 Å². The first kappa shape index (κ1) is 16.6. The highest BCUT2D eigenvalue weighted by molar-refractivity contribution is 8.15. The maximum atomic E-state index is 14.3. The number of thioether (sulfide) groups is 1. The molecular weight excluding hydrogens is 344 g/mol. The zero-order valence-electron chi connectivity index (χ0n) is 13.6. The van der Waals surface area contributed by atoms with Crippen LogP contribution in [0, 0.1) is 5.92 Å². The second-order valence-corrected chi connectivity index (χ2v) is 7.55. The number of nitrogens with two attached hydrogens (primary N) is 1. The molecule has 2 unspecified atom stereocenters. The fourth-order valence-electron chi connectivity index (χ4n) is 3.51. The van der Waals surface area contributed by atoms with Gasteiger partial charge in [0.05, 0.1) is 19.1 Å². The normalized spacial score (nSPS) is 28.2. The Bertz CT molecular complexity index is 779. The van der Waals surface area contributed by atoms with Crippen molar-refractivity contribution in [3.63, 3.8) is 0 Å². The number of hydrazone groups is 1. The molecule has 2 aliphatic heterocycles. The fraction of sp³-hybridized carbons (Fsp3) is 0.389. The highest BCUT2D eigenvalue weighted by Gasteiger charge is 2.50. The van der Waals surface area contributed by atoms with Crippen molar-refractivity contribution in [2.75, 3.05) is 19.7 Å². The number of nitrogens with zero attached hydrogens (tertiary/aromatic N) is 2. The third-order valence-corrected chi connectivity index (χ3v) is 6.26. The van der Waals surface area contributed by atoms with Gasteiger partial charge in [-0.05, 0) is 18.2 Å². The van der Waals surface area contributed by atoms with Gasteiger partial charge in [-0.1, -0.05) is 30.0 Å². The van der Waals surface area contributed by atoms with Crippen LogP contribution in [0.5, 0.6) is 5.75 Å². The summed E-state index contributed by atoms with van der Waals surface area (Å²) in [6, 6.07) is 7.82. The monoisotopic (exact) mass is 363 g/mol. The number of ether oxygens (including phenoxy) is 1. The zero-order valence-corrected chi connectivity index (χ0v) is 14.4. The van der Waals surface area contributed by atoms with Crippen molar-refractivity contribution in [3.05, 3.63) is 53.6 Å². The molecule has 1 aromatic rings. The fourth-order valence-corrected chi connectivity index (χ4v) is 5.04. The van der Waals surface area contributed by atoms with Crippen LogP contribution < -0.4 is 10.5 Å². The Morgan fingerprint density at radius 3 is 3.00 bits per heavy atom. The van der Waals surface area contributed by atoms with Crippen LogP contribution in [0.3, 0.4) is 0 Å². The molecule has 0 fully saturated rings. The highest BCUT2D eigenvalue weighted by atomic mass is 32.2. The molecule has 7 heteroatoms. The lowest BCUT2D eigenvalue weighted by Gasteiger charge is -2.40. The summed E-state index contributed by atoms with van der Waals surface area (Å²) < 4.78 is 33.8. The largest absolute Gasteiger partial charge is 0.493 e. The van der Waals surface area contributed by atoms with E-state index in [0.29, 0.717) is 31.2 Å². The van der Waals surface area contributed by atoms with Gasteiger partial charge in [0.25, 0.3) is 0 Å². The third-order valence-electron chi connectivity index (χ3n) is 4.71. The lowest BCUT2D eigenvalue weighted by molar-refractivity contribution is 0.126. The molecule has 25 heavy (non-hydrogen) atoms. The van der Waals surface area contributed by atoms with E-state index in [1.807, 2.05) is 29.3 Å². The quantitative estimate of drug-likeness (QED) is 0.890. The first-order valence-corrected chi connectivity index (χ1v) is 9.15. The van der Waals surface area contributed by atoms with Crippen LogP contribution >= 0.6 is 11.8 Å². The second kappa shape index (κ2) is 6.46. The Labute approximate surface area is 149 Å². The van der Waals surface area contributed by atoms with E-state index in [4.69, 9.17) is 10.5 Å². The van der Waals surface area contributed by atoms with Gasteiger partial charge in [0.1, 0.15) is 27.3 Å². The van der Waals surface area contributed by atoms with Crippen molar-refractivity contribution in [3.8, 4) is 5.75 Å². The van der Waals surface area contributed by atoms with E-state index >= 15 is 0 Å². The Balaban J connectivity index is 1.72. The van der Waals surface area contributed by atoms with Gasteiger partial charge in [0.2, 0.25) is 0 Å². The summed E-state index contributed by atoms with van der Waals surface area (Å²) in [5, 5.41) is 7.19. The van der Waals surface area contributed by atoms with Crippen LogP contribution in [-0.4, -0.2) is 29.7 Å². The van der Waals surface area contributed by atoms with Crippen molar-refractivity contribution in [2.45, 2.75) is 17.7 Å². The standard InChI is InChI=1S/C18H19F2N3OS/c19-12-5-6-15(20)13(11-12)17-22-23(9-8-21)18(25-17)7-10-24-16-4-2-1-3-14(16)18/h1-6,13H,7-11,21H2. The van der Waals surface area contributed by atoms with E-state index in [1.165, 1.54) is 23.9 Å². The molecule has 1 aliphatic carbocycles. The summed E-state index contributed by atoms with van der Waals surface area (Å²) in [7, 11) is 0. The van der Waals surface area contributed by atoms with E-state index in [0.717, 1.165) is 11.3 Å². The topological polar surface area (TPSA) is 50.8 Å². The molecule has 0 saturated carbocycles. The van der Waals surface area contributed by atoms with Gasteiger partial charge < -0.3 is 10.5 Å². The Morgan fingerprint density at radius 1 is 1.32 bits per heavy atom. The highest BCUT2D eigenvalue weighted by Crippen LogP contribution is 2.55. The summed E-state index contributed by atoms with van der Waals surface area (Å²) >= 11 is 1.50. The van der Waals surface area contributed by atoms with Crippen molar-refractivity contribution in [2.24, 2.45) is 16.8 Å². The molecule has 2 N–H and O–H groups in total. The number of rotatable bonds is 3. The molecule has 2 atom stereocenters. The van der Waals surface area contributed by atoms with Crippen molar-refractivity contribution in [1.29, 1.82) is 0 Å². The van der Waals surface area contributed by atoms with Gasteiger partial charge in [-0.3, -0.25) is 5.01 Å². The molecule has 0 bridgehead atoms. The minimum Gasteiger partial charge on any atom is -0.493 e. The number of hydrogen-bond donors (Lipinski definition) is 1. The van der Waals surface area contributed by atoms with Crippen molar-refractivity contribution >= 4 is 16.8 Å². The van der Waals surface area contributed by atoms with Gasteiger partial charge >= 0.3 is 0 Å². The molecule has 0 amide bonds. The Morgan fingerprint density at radius 2 is 2.16 bits per heavy atom. The van der Waals surface area contributed by atoms with Gasteiger partial charge in [0.15, 0.2) is 0 Å². The molecule has 0 saturated heterocycles. The van der Waals surface area contributed by atoms with E-state index in [-0.39, 0.29) is 18.1 Å². The van der Waals surface area contributed by atoms with Crippen LogP contribution in [0.2, 0.25) is 0 Å². The molecule has 4 rings (SSSR count). The Kier molecular flexibility index (Phi) is 4.29. The average molecular weight is 363 g/mol. The molecule has 1 aromatic carbocycles. The summed E-state index contributed by atoms with van der Waals surface area (Å²) in [4.78, 5) is -0.471.